The molecule has 1 rings (SSSR count). The lowest BCUT2D eigenvalue weighted by Crippen LogP contribution is -2.40. The summed E-state index contributed by atoms with van der Waals surface area (Å²) in [6.45, 7) is 7.82. The van der Waals surface area contributed by atoms with Crippen molar-refractivity contribution in [3.63, 3.8) is 0 Å². The Morgan fingerprint density at radius 3 is 2.19 bits per heavy atom. The van der Waals surface area contributed by atoms with Gasteiger partial charge < -0.3 is 11.1 Å². The maximum absolute atomic E-state index is 12.2. The molecule has 6 heteroatoms. The average molecular weight is 312 g/mol. The Bertz CT molecular complexity index is 584. The van der Waals surface area contributed by atoms with Crippen LogP contribution in [0.5, 0.6) is 0 Å². The number of sulfone groups is 1. The fourth-order valence-corrected chi connectivity index (χ4v) is 2.91. The third-order valence-corrected chi connectivity index (χ3v) is 4.90. The van der Waals surface area contributed by atoms with Crippen molar-refractivity contribution >= 4 is 15.7 Å². The number of carbonyl (C=O) groups excluding carboxylic acids is 1. The minimum atomic E-state index is -3.40. The summed E-state index contributed by atoms with van der Waals surface area (Å²) in [5.74, 6) is -0.492. The van der Waals surface area contributed by atoms with E-state index >= 15 is 0 Å². The fraction of sp³-hybridized carbons (Fsp3) is 0.533. The second kappa shape index (κ2) is 6.58. The Morgan fingerprint density at radius 2 is 1.76 bits per heavy atom. The first-order valence-corrected chi connectivity index (χ1v) is 8.56. The van der Waals surface area contributed by atoms with Gasteiger partial charge >= 0.3 is 0 Å². The topological polar surface area (TPSA) is 89.3 Å². The van der Waals surface area contributed by atoms with Crippen LogP contribution in [0.1, 0.15) is 33.3 Å². The summed E-state index contributed by atoms with van der Waals surface area (Å²) in [7, 11) is -3.40. The summed E-state index contributed by atoms with van der Waals surface area (Å²) in [5, 5.41) is 2.50. The Kier molecular flexibility index (Phi) is 5.53. The quantitative estimate of drug-likeness (QED) is 0.855. The van der Waals surface area contributed by atoms with Gasteiger partial charge in [-0.3, -0.25) is 4.79 Å². The molecule has 1 aromatic rings. The molecule has 118 valence electrons. The molecule has 21 heavy (non-hydrogen) atoms. The van der Waals surface area contributed by atoms with Crippen molar-refractivity contribution in [1.29, 1.82) is 0 Å². The molecule has 0 bridgehead atoms. The molecule has 0 aliphatic rings. The molecule has 0 saturated heterocycles. The Balaban J connectivity index is 2.73. The lowest BCUT2D eigenvalue weighted by molar-refractivity contribution is -0.121. The normalized spacial score (nSPS) is 13.8. The van der Waals surface area contributed by atoms with Crippen molar-refractivity contribution in [1.82, 2.24) is 5.32 Å². The predicted octanol–water partition coefficient (Wildman–Crippen LogP) is 1.22. The molecule has 0 aliphatic carbocycles. The third-order valence-electron chi connectivity index (χ3n) is 3.16. The minimum Gasteiger partial charge on any atom is -0.354 e. The number of nitrogens with one attached hydrogen (secondary N) is 1. The van der Waals surface area contributed by atoms with Gasteiger partial charge in [-0.15, -0.1) is 0 Å². The highest BCUT2D eigenvalue weighted by atomic mass is 32.2. The molecule has 0 spiro atoms. The number of hydrogen-bond donors (Lipinski definition) is 2. The van der Waals surface area contributed by atoms with Gasteiger partial charge in [-0.2, -0.15) is 0 Å². The summed E-state index contributed by atoms with van der Waals surface area (Å²) in [6.07, 6.45) is 0. The molecule has 1 aromatic carbocycles. The highest BCUT2D eigenvalue weighted by molar-refractivity contribution is 7.91. The highest BCUT2D eigenvalue weighted by Crippen LogP contribution is 2.23. The Hall–Kier alpha value is -1.40. The van der Waals surface area contributed by atoms with Crippen molar-refractivity contribution in [3.05, 3.63) is 29.8 Å². The third kappa shape index (κ3) is 5.13. The molecule has 0 aliphatic heterocycles. The Morgan fingerprint density at radius 1 is 1.24 bits per heavy atom. The maximum atomic E-state index is 12.2. The molecule has 0 saturated carbocycles. The number of amides is 1. The van der Waals surface area contributed by atoms with Gasteiger partial charge in [0.1, 0.15) is 0 Å². The zero-order valence-electron chi connectivity index (χ0n) is 13.0. The van der Waals surface area contributed by atoms with Crippen LogP contribution >= 0.6 is 0 Å². The van der Waals surface area contributed by atoms with E-state index in [4.69, 9.17) is 5.73 Å². The SMILES string of the molecule is C[C@@H](N)C(=O)NCCS(=O)(=O)c1ccc(C(C)(C)C)cc1. The number of hydrogen-bond acceptors (Lipinski definition) is 4. The van der Waals surface area contributed by atoms with Crippen molar-refractivity contribution in [3.8, 4) is 0 Å². The summed E-state index contributed by atoms with van der Waals surface area (Å²) in [6, 6.07) is 6.24. The monoisotopic (exact) mass is 312 g/mol. The van der Waals surface area contributed by atoms with E-state index in [0.717, 1.165) is 5.56 Å². The standard InChI is InChI=1S/C15H24N2O3S/c1-11(16)14(18)17-9-10-21(19,20)13-7-5-12(6-8-13)15(2,3)4/h5-8,11H,9-10,16H2,1-4H3,(H,17,18)/t11-/m1/s1. The number of rotatable bonds is 5. The average Bonchev–Trinajstić information content (AvgIpc) is 2.37. The van der Waals surface area contributed by atoms with E-state index in [2.05, 4.69) is 26.1 Å². The van der Waals surface area contributed by atoms with Crippen LogP contribution in [0.2, 0.25) is 0 Å². The lowest BCUT2D eigenvalue weighted by atomic mass is 9.87. The summed E-state index contributed by atoms with van der Waals surface area (Å²) in [5.41, 5.74) is 6.45. The number of benzene rings is 1. The fourth-order valence-electron chi connectivity index (χ4n) is 1.75. The first-order valence-electron chi connectivity index (χ1n) is 6.90. The van der Waals surface area contributed by atoms with Crippen molar-refractivity contribution in [2.75, 3.05) is 12.3 Å². The van der Waals surface area contributed by atoms with Gasteiger partial charge in [0.05, 0.1) is 16.7 Å². The van der Waals surface area contributed by atoms with E-state index in [1.165, 1.54) is 0 Å². The first-order chi connectivity index (χ1) is 9.54. The van der Waals surface area contributed by atoms with Gasteiger partial charge in [0, 0.05) is 6.54 Å². The summed E-state index contributed by atoms with van der Waals surface area (Å²) < 4.78 is 24.3. The van der Waals surface area contributed by atoms with Crippen LogP contribution in [0.25, 0.3) is 0 Å². The Labute approximate surface area is 126 Å². The van der Waals surface area contributed by atoms with Gasteiger partial charge in [-0.1, -0.05) is 32.9 Å². The zero-order chi connectivity index (χ0) is 16.3. The lowest BCUT2D eigenvalue weighted by Gasteiger charge is -2.19. The van der Waals surface area contributed by atoms with E-state index in [1.807, 2.05) is 12.1 Å². The molecule has 3 N–H and O–H groups in total. The van der Waals surface area contributed by atoms with Crippen molar-refractivity contribution < 1.29 is 13.2 Å². The van der Waals surface area contributed by atoms with Crippen LogP contribution in [-0.2, 0) is 20.0 Å². The molecule has 0 unspecified atom stereocenters. The second-order valence-corrected chi connectivity index (χ2v) is 8.28. The molecular formula is C15H24N2O3S. The minimum absolute atomic E-state index is 0.0203. The molecule has 0 fully saturated rings. The van der Waals surface area contributed by atoms with Gasteiger partial charge in [0.25, 0.3) is 0 Å². The van der Waals surface area contributed by atoms with Crippen molar-refractivity contribution in [2.24, 2.45) is 5.73 Å². The molecule has 0 heterocycles. The van der Waals surface area contributed by atoms with E-state index in [0.29, 0.717) is 0 Å². The van der Waals surface area contributed by atoms with Crippen LogP contribution in [0, 0.1) is 0 Å². The van der Waals surface area contributed by atoms with Crippen LogP contribution < -0.4 is 11.1 Å². The predicted molar refractivity (Wildman–Crippen MR) is 83.9 cm³/mol. The molecule has 1 amide bonds. The van der Waals surface area contributed by atoms with E-state index in [9.17, 15) is 13.2 Å². The van der Waals surface area contributed by atoms with Crippen LogP contribution in [0.4, 0.5) is 0 Å². The second-order valence-electron chi connectivity index (χ2n) is 6.17. The van der Waals surface area contributed by atoms with E-state index < -0.39 is 15.9 Å². The molecule has 0 radical (unpaired) electrons. The van der Waals surface area contributed by atoms with Gasteiger partial charge in [-0.05, 0) is 30.0 Å². The van der Waals surface area contributed by atoms with Crippen LogP contribution in [0.3, 0.4) is 0 Å². The number of carbonyl (C=O) groups is 1. The molecule has 1 atom stereocenters. The highest BCUT2D eigenvalue weighted by Gasteiger charge is 2.18. The molecule has 0 aromatic heterocycles. The first kappa shape index (κ1) is 17.7. The van der Waals surface area contributed by atoms with Gasteiger partial charge in [0.15, 0.2) is 9.84 Å². The van der Waals surface area contributed by atoms with E-state index in [1.54, 1.807) is 19.1 Å². The van der Waals surface area contributed by atoms with Gasteiger partial charge in [0.2, 0.25) is 5.91 Å². The smallest absolute Gasteiger partial charge is 0.236 e. The summed E-state index contributed by atoms with van der Waals surface area (Å²) >= 11 is 0. The maximum Gasteiger partial charge on any atom is 0.236 e. The van der Waals surface area contributed by atoms with Crippen LogP contribution in [-0.4, -0.2) is 32.7 Å². The molecule has 5 nitrogen and oxygen atoms in total. The summed E-state index contributed by atoms with van der Waals surface area (Å²) in [4.78, 5) is 11.6. The zero-order valence-corrected chi connectivity index (χ0v) is 13.8. The van der Waals surface area contributed by atoms with E-state index in [-0.39, 0.29) is 28.5 Å². The van der Waals surface area contributed by atoms with Gasteiger partial charge in [-0.25, -0.2) is 8.42 Å². The van der Waals surface area contributed by atoms with Crippen molar-refractivity contribution in [2.45, 2.75) is 44.0 Å². The molecular weight excluding hydrogens is 288 g/mol. The largest absolute Gasteiger partial charge is 0.354 e. The van der Waals surface area contributed by atoms with Crippen LogP contribution in [0.15, 0.2) is 29.2 Å². The number of nitrogens with two attached hydrogens (primary N) is 1.